The number of nitrogens with zero attached hydrogens (tertiary/aromatic N) is 2. The van der Waals surface area contributed by atoms with E-state index in [4.69, 9.17) is 19.9 Å². The zero-order valence-corrected chi connectivity index (χ0v) is 17.9. The van der Waals surface area contributed by atoms with Gasteiger partial charge in [0, 0.05) is 26.2 Å². The van der Waals surface area contributed by atoms with Gasteiger partial charge in [-0.15, -0.1) is 0 Å². The Morgan fingerprint density at radius 1 is 1.00 bits per heavy atom. The monoisotopic (exact) mass is 412 g/mol. The van der Waals surface area contributed by atoms with E-state index >= 15 is 0 Å². The fourth-order valence-electron chi connectivity index (χ4n) is 3.37. The summed E-state index contributed by atoms with van der Waals surface area (Å²) >= 11 is 0. The molecule has 3 N–H and O–H groups in total. The average Bonchev–Trinajstić information content (AvgIpc) is 2.79. The van der Waals surface area contributed by atoms with Crippen LogP contribution in [-0.4, -0.2) is 57.9 Å². The summed E-state index contributed by atoms with van der Waals surface area (Å²) in [6.45, 7) is 5.87. The lowest BCUT2D eigenvalue weighted by molar-refractivity contribution is 0.0342. The quantitative estimate of drug-likeness (QED) is 0.485. The van der Waals surface area contributed by atoms with Gasteiger partial charge in [-0.3, -0.25) is 4.90 Å². The zero-order valence-electron chi connectivity index (χ0n) is 17.9. The third-order valence-electron chi connectivity index (χ3n) is 5.13. The largest absolute Gasteiger partial charge is 0.493 e. The molecule has 0 aromatic heterocycles. The highest BCUT2D eigenvalue weighted by atomic mass is 16.5. The second-order valence-corrected chi connectivity index (χ2v) is 7.27. The second-order valence-electron chi connectivity index (χ2n) is 7.27. The first-order valence-corrected chi connectivity index (χ1v) is 10.3. The van der Waals surface area contributed by atoms with E-state index in [1.165, 1.54) is 5.56 Å². The van der Waals surface area contributed by atoms with Crippen molar-refractivity contribution in [2.75, 3.05) is 47.1 Å². The zero-order chi connectivity index (χ0) is 21.2. The Morgan fingerprint density at radius 3 is 2.37 bits per heavy atom. The van der Waals surface area contributed by atoms with Crippen molar-refractivity contribution >= 4 is 5.96 Å². The summed E-state index contributed by atoms with van der Waals surface area (Å²) < 4.78 is 16.0. The number of hydrogen-bond acceptors (Lipinski definition) is 5. The minimum Gasteiger partial charge on any atom is -0.493 e. The predicted molar refractivity (Wildman–Crippen MR) is 119 cm³/mol. The number of ether oxygens (including phenoxy) is 3. The Labute approximate surface area is 178 Å². The maximum atomic E-state index is 6.02. The predicted octanol–water partition coefficient (Wildman–Crippen LogP) is 2.18. The van der Waals surface area contributed by atoms with Gasteiger partial charge in [0.1, 0.15) is 0 Å². The first-order chi connectivity index (χ1) is 14.7. The number of guanidine groups is 1. The Kier molecular flexibility index (Phi) is 8.35. The van der Waals surface area contributed by atoms with Crippen LogP contribution in [-0.2, 0) is 24.2 Å². The van der Waals surface area contributed by atoms with Crippen molar-refractivity contribution in [3.8, 4) is 11.5 Å². The van der Waals surface area contributed by atoms with Gasteiger partial charge in [0.2, 0.25) is 0 Å². The standard InChI is InChI=1S/C23H32N4O3/c1-28-21-8-7-18(15-22(21)29-2)9-10-25-23(24)26-16-19-3-5-20(6-4-19)17-27-11-13-30-14-12-27/h3-8,15H,9-14,16-17H2,1-2H3,(H3,24,25,26). The minimum atomic E-state index is 0.452. The highest BCUT2D eigenvalue weighted by Gasteiger charge is 2.10. The Morgan fingerprint density at radius 2 is 1.67 bits per heavy atom. The number of aliphatic imine (C=N–C) groups is 1. The van der Waals surface area contributed by atoms with E-state index in [2.05, 4.69) is 39.5 Å². The Hall–Kier alpha value is -2.77. The van der Waals surface area contributed by atoms with Crippen LogP contribution >= 0.6 is 0 Å². The van der Waals surface area contributed by atoms with E-state index in [9.17, 15) is 0 Å². The molecule has 1 heterocycles. The van der Waals surface area contributed by atoms with Crippen molar-refractivity contribution in [1.82, 2.24) is 10.2 Å². The molecule has 1 aliphatic rings. The number of nitrogens with one attached hydrogen (secondary N) is 1. The normalized spacial score (nSPS) is 15.1. The third kappa shape index (κ3) is 6.64. The number of morpholine rings is 1. The smallest absolute Gasteiger partial charge is 0.188 e. The van der Waals surface area contributed by atoms with Crippen LogP contribution in [0, 0.1) is 0 Å². The van der Waals surface area contributed by atoms with Gasteiger partial charge in [-0.1, -0.05) is 30.3 Å². The Bertz CT molecular complexity index is 818. The lowest BCUT2D eigenvalue weighted by Gasteiger charge is -2.26. The van der Waals surface area contributed by atoms with E-state index in [0.717, 1.165) is 61.9 Å². The molecule has 0 amide bonds. The third-order valence-corrected chi connectivity index (χ3v) is 5.13. The molecule has 2 aromatic carbocycles. The summed E-state index contributed by atoms with van der Waals surface area (Å²) in [5, 5.41) is 3.17. The molecule has 30 heavy (non-hydrogen) atoms. The number of nitrogens with two attached hydrogens (primary N) is 1. The molecule has 7 heteroatoms. The highest BCUT2D eigenvalue weighted by molar-refractivity contribution is 5.77. The highest BCUT2D eigenvalue weighted by Crippen LogP contribution is 2.27. The average molecular weight is 413 g/mol. The second kappa shape index (κ2) is 11.4. The van der Waals surface area contributed by atoms with E-state index in [1.807, 2.05) is 18.2 Å². The van der Waals surface area contributed by atoms with Crippen LogP contribution in [0.1, 0.15) is 16.7 Å². The lowest BCUT2D eigenvalue weighted by Crippen LogP contribution is -2.35. The SMILES string of the molecule is COc1ccc(CCNC(N)=NCc2ccc(CN3CCOCC3)cc2)cc1OC. The van der Waals surface area contributed by atoms with Gasteiger partial charge in [-0.05, 0) is 35.2 Å². The fourth-order valence-corrected chi connectivity index (χ4v) is 3.37. The maximum absolute atomic E-state index is 6.02. The van der Waals surface area contributed by atoms with Crippen LogP contribution in [0.2, 0.25) is 0 Å². The summed E-state index contributed by atoms with van der Waals surface area (Å²) in [5.41, 5.74) is 9.61. The van der Waals surface area contributed by atoms with Gasteiger partial charge in [0.15, 0.2) is 17.5 Å². The van der Waals surface area contributed by atoms with Gasteiger partial charge < -0.3 is 25.3 Å². The van der Waals surface area contributed by atoms with Crippen LogP contribution in [0.3, 0.4) is 0 Å². The van der Waals surface area contributed by atoms with Gasteiger partial charge in [0.05, 0.1) is 34.0 Å². The molecule has 1 saturated heterocycles. The van der Waals surface area contributed by atoms with Gasteiger partial charge in [0.25, 0.3) is 0 Å². The first kappa shape index (κ1) is 21.9. The van der Waals surface area contributed by atoms with Crippen LogP contribution < -0.4 is 20.5 Å². The molecule has 162 valence electrons. The van der Waals surface area contributed by atoms with Crippen molar-refractivity contribution in [1.29, 1.82) is 0 Å². The van der Waals surface area contributed by atoms with Crippen LogP contribution in [0.5, 0.6) is 11.5 Å². The van der Waals surface area contributed by atoms with Crippen LogP contribution in [0.15, 0.2) is 47.5 Å². The fraction of sp³-hybridized carbons (Fsp3) is 0.435. The molecule has 0 atom stereocenters. The molecule has 0 unspecified atom stereocenters. The molecule has 0 radical (unpaired) electrons. The summed E-state index contributed by atoms with van der Waals surface area (Å²) in [5.74, 6) is 1.91. The number of benzene rings is 2. The number of methoxy groups -OCH3 is 2. The van der Waals surface area contributed by atoms with Crippen molar-refractivity contribution in [2.45, 2.75) is 19.5 Å². The molecule has 1 aliphatic heterocycles. The van der Waals surface area contributed by atoms with Crippen LogP contribution in [0.25, 0.3) is 0 Å². The Balaban J connectivity index is 1.42. The maximum Gasteiger partial charge on any atom is 0.188 e. The topological polar surface area (TPSA) is 81.3 Å². The van der Waals surface area contributed by atoms with E-state index in [-0.39, 0.29) is 0 Å². The summed E-state index contributed by atoms with van der Waals surface area (Å²) in [6.07, 6.45) is 0.812. The van der Waals surface area contributed by atoms with Gasteiger partial charge in [-0.2, -0.15) is 0 Å². The molecule has 0 bridgehead atoms. The van der Waals surface area contributed by atoms with E-state index < -0.39 is 0 Å². The molecular formula is C23H32N4O3. The van der Waals surface area contributed by atoms with Crippen molar-refractivity contribution in [3.63, 3.8) is 0 Å². The van der Waals surface area contributed by atoms with E-state index in [1.54, 1.807) is 14.2 Å². The molecule has 7 nitrogen and oxygen atoms in total. The summed E-state index contributed by atoms with van der Waals surface area (Å²) in [4.78, 5) is 6.86. The molecule has 0 aliphatic carbocycles. The first-order valence-electron chi connectivity index (χ1n) is 10.3. The van der Waals surface area contributed by atoms with Gasteiger partial charge >= 0.3 is 0 Å². The van der Waals surface area contributed by atoms with Crippen molar-refractivity contribution < 1.29 is 14.2 Å². The van der Waals surface area contributed by atoms with Gasteiger partial charge in [-0.25, -0.2) is 4.99 Å². The lowest BCUT2D eigenvalue weighted by atomic mass is 10.1. The molecular weight excluding hydrogens is 380 g/mol. The van der Waals surface area contributed by atoms with E-state index in [0.29, 0.717) is 19.0 Å². The molecule has 3 rings (SSSR count). The summed E-state index contributed by atoms with van der Waals surface area (Å²) in [6, 6.07) is 14.5. The summed E-state index contributed by atoms with van der Waals surface area (Å²) in [7, 11) is 3.27. The number of hydrogen-bond donors (Lipinski definition) is 2. The molecule has 0 spiro atoms. The molecule has 1 fully saturated rings. The minimum absolute atomic E-state index is 0.452. The molecule has 0 saturated carbocycles. The van der Waals surface area contributed by atoms with Crippen molar-refractivity contribution in [3.05, 3.63) is 59.2 Å². The molecule has 2 aromatic rings. The number of rotatable bonds is 9. The van der Waals surface area contributed by atoms with Crippen LogP contribution in [0.4, 0.5) is 0 Å². The van der Waals surface area contributed by atoms with Crippen molar-refractivity contribution in [2.24, 2.45) is 10.7 Å².